The Kier molecular flexibility index (Phi) is 3.44. The van der Waals surface area contributed by atoms with Crippen LogP contribution in [0.1, 0.15) is 29.6 Å². The minimum atomic E-state index is -1.14. The second kappa shape index (κ2) is 5.29. The van der Waals surface area contributed by atoms with Crippen molar-refractivity contribution >= 4 is 22.8 Å². The number of amides is 1. The van der Waals surface area contributed by atoms with Crippen LogP contribution in [-0.2, 0) is 4.79 Å². The first-order chi connectivity index (χ1) is 10.6. The number of carbonyl (C=O) groups excluding carboxylic acids is 1. The lowest BCUT2D eigenvalue weighted by atomic mass is 9.76. The van der Waals surface area contributed by atoms with Gasteiger partial charge in [0.25, 0.3) is 5.91 Å². The van der Waals surface area contributed by atoms with Crippen molar-refractivity contribution in [3.63, 3.8) is 0 Å². The highest BCUT2D eigenvalue weighted by Crippen LogP contribution is 2.33. The molecule has 0 radical (unpaired) electrons. The second-order valence-corrected chi connectivity index (χ2v) is 5.42. The molecule has 0 bridgehead atoms. The summed E-state index contributed by atoms with van der Waals surface area (Å²) in [7, 11) is 1.48. The molecule has 6 nitrogen and oxygen atoms in total. The van der Waals surface area contributed by atoms with E-state index in [-0.39, 0.29) is 0 Å². The second-order valence-electron chi connectivity index (χ2n) is 5.42. The lowest BCUT2D eigenvalue weighted by molar-refractivity contribution is -0.148. The van der Waals surface area contributed by atoms with Gasteiger partial charge >= 0.3 is 5.97 Å². The summed E-state index contributed by atoms with van der Waals surface area (Å²) in [5.74, 6) is -1.08. The van der Waals surface area contributed by atoms with Gasteiger partial charge in [-0.15, -0.1) is 0 Å². The molecule has 0 unspecified atom stereocenters. The highest BCUT2D eigenvalue weighted by Gasteiger charge is 2.45. The molecule has 1 aliphatic rings. The predicted octanol–water partition coefficient (Wildman–Crippen LogP) is 1.98. The highest BCUT2D eigenvalue weighted by atomic mass is 16.5. The van der Waals surface area contributed by atoms with E-state index in [2.05, 4.69) is 10.3 Å². The number of pyridine rings is 1. The lowest BCUT2D eigenvalue weighted by Crippen LogP contribution is -2.59. The summed E-state index contributed by atoms with van der Waals surface area (Å²) in [5.41, 5.74) is -0.144. The third-order valence-corrected chi connectivity index (χ3v) is 4.12. The maximum atomic E-state index is 12.6. The number of aromatic nitrogens is 1. The van der Waals surface area contributed by atoms with Gasteiger partial charge in [-0.2, -0.15) is 0 Å². The van der Waals surface area contributed by atoms with Crippen molar-refractivity contribution in [3.05, 3.63) is 35.9 Å². The fourth-order valence-electron chi connectivity index (χ4n) is 2.65. The molecular formula is C16H16N2O4. The van der Waals surface area contributed by atoms with Gasteiger partial charge in [0.15, 0.2) is 0 Å². The minimum Gasteiger partial charge on any atom is -0.481 e. The smallest absolute Gasteiger partial charge is 0.329 e. The average molecular weight is 300 g/mol. The Morgan fingerprint density at radius 3 is 2.64 bits per heavy atom. The van der Waals surface area contributed by atoms with Crippen LogP contribution in [0.2, 0.25) is 0 Å². The Labute approximate surface area is 127 Å². The van der Waals surface area contributed by atoms with Gasteiger partial charge in [-0.05, 0) is 25.3 Å². The molecule has 0 atom stereocenters. The number of aliphatic carboxylic acids is 1. The van der Waals surface area contributed by atoms with E-state index in [9.17, 15) is 14.7 Å². The molecule has 1 amide bonds. The SMILES string of the molecule is COc1cc(C(=O)NC2(C(=O)O)CCC2)c2ccccc2n1. The summed E-state index contributed by atoms with van der Waals surface area (Å²) in [6, 6.07) is 8.73. The topological polar surface area (TPSA) is 88.5 Å². The molecule has 1 heterocycles. The van der Waals surface area contributed by atoms with Crippen LogP contribution >= 0.6 is 0 Å². The largest absolute Gasteiger partial charge is 0.481 e. The van der Waals surface area contributed by atoms with Crippen LogP contribution in [0, 0.1) is 0 Å². The Bertz CT molecular complexity index is 753. The number of para-hydroxylation sites is 1. The molecule has 0 saturated heterocycles. The molecule has 1 aliphatic carbocycles. The van der Waals surface area contributed by atoms with Gasteiger partial charge in [0.1, 0.15) is 5.54 Å². The van der Waals surface area contributed by atoms with E-state index in [0.29, 0.717) is 35.2 Å². The van der Waals surface area contributed by atoms with E-state index >= 15 is 0 Å². The van der Waals surface area contributed by atoms with E-state index in [1.807, 2.05) is 12.1 Å². The van der Waals surface area contributed by atoms with Crippen LogP contribution in [-0.4, -0.2) is 34.6 Å². The summed E-state index contributed by atoms with van der Waals surface area (Å²) in [6.45, 7) is 0. The van der Waals surface area contributed by atoms with Gasteiger partial charge in [-0.25, -0.2) is 9.78 Å². The third-order valence-electron chi connectivity index (χ3n) is 4.12. The van der Waals surface area contributed by atoms with E-state index in [1.54, 1.807) is 12.1 Å². The summed E-state index contributed by atoms with van der Waals surface area (Å²) in [4.78, 5) is 28.3. The normalized spacial score (nSPS) is 15.9. The maximum absolute atomic E-state index is 12.6. The first kappa shape index (κ1) is 14.3. The molecule has 22 heavy (non-hydrogen) atoms. The lowest BCUT2D eigenvalue weighted by Gasteiger charge is -2.38. The molecule has 3 rings (SSSR count). The number of hydrogen-bond acceptors (Lipinski definition) is 4. The number of carboxylic acid groups (broad SMARTS) is 1. The van der Waals surface area contributed by atoms with Crippen LogP contribution in [0.25, 0.3) is 10.9 Å². The van der Waals surface area contributed by atoms with Gasteiger partial charge in [0.05, 0.1) is 18.2 Å². The maximum Gasteiger partial charge on any atom is 0.329 e. The first-order valence-electron chi connectivity index (χ1n) is 7.05. The van der Waals surface area contributed by atoms with Crippen LogP contribution in [0.4, 0.5) is 0 Å². The number of nitrogens with one attached hydrogen (secondary N) is 1. The zero-order valence-electron chi connectivity index (χ0n) is 12.1. The Morgan fingerprint density at radius 1 is 1.32 bits per heavy atom. The van der Waals surface area contributed by atoms with Gasteiger partial charge in [0, 0.05) is 11.5 Å². The van der Waals surface area contributed by atoms with Crippen molar-refractivity contribution < 1.29 is 19.4 Å². The molecule has 114 valence electrons. The minimum absolute atomic E-state index is 0.321. The summed E-state index contributed by atoms with van der Waals surface area (Å²) >= 11 is 0. The number of carboxylic acids is 1. The molecular weight excluding hydrogens is 284 g/mol. The molecule has 0 aliphatic heterocycles. The summed E-state index contributed by atoms with van der Waals surface area (Å²) in [6.07, 6.45) is 1.70. The van der Waals surface area contributed by atoms with Crippen molar-refractivity contribution in [3.8, 4) is 5.88 Å². The van der Waals surface area contributed by atoms with Gasteiger partial charge in [0.2, 0.25) is 5.88 Å². The standard InChI is InChI=1S/C16H16N2O4/c1-22-13-9-11(10-5-2-3-6-12(10)17-13)14(19)18-16(15(20)21)7-4-8-16/h2-3,5-6,9H,4,7-8H2,1H3,(H,18,19)(H,20,21). The van der Waals surface area contributed by atoms with Crippen molar-refractivity contribution in [1.82, 2.24) is 10.3 Å². The fraction of sp³-hybridized carbons (Fsp3) is 0.312. The quantitative estimate of drug-likeness (QED) is 0.901. The van der Waals surface area contributed by atoms with Crippen molar-refractivity contribution in [2.45, 2.75) is 24.8 Å². The molecule has 2 aromatic rings. The Balaban J connectivity index is 2.01. The van der Waals surface area contributed by atoms with E-state index in [0.717, 1.165) is 6.42 Å². The predicted molar refractivity (Wildman–Crippen MR) is 80.0 cm³/mol. The zero-order valence-corrected chi connectivity index (χ0v) is 12.1. The number of nitrogens with zero attached hydrogens (tertiary/aromatic N) is 1. The number of benzene rings is 1. The molecule has 0 spiro atoms. The van der Waals surface area contributed by atoms with Crippen LogP contribution in [0.5, 0.6) is 5.88 Å². The van der Waals surface area contributed by atoms with Crippen molar-refractivity contribution in [1.29, 1.82) is 0 Å². The number of methoxy groups -OCH3 is 1. The van der Waals surface area contributed by atoms with E-state index in [1.165, 1.54) is 13.2 Å². The van der Waals surface area contributed by atoms with E-state index < -0.39 is 17.4 Å². The monoisotopic (exact) mass is 300 g/mol. The van der Waals surface area contributed by atoms with Crippen LogP contribution in [0.3, 0.4) is 0 Å². The number of ether oxygens (including phenoxy) is 1. The highest BCUT2D eigenvalue weighted by molar-refractivity contribution is 6.08. The average Bonchev–Trinajstić information content (AvgIpc) is 2.49. The summed E-state index contributed by atoms with van der Waals surface area (Å²) in [5, 5.41) is 12.7. The molecule has 1 aromatic carbocycles. The van der Waals surface area contributed by atoms with Crippen LogP contribution in [0.15, 0.2) is 30.3 Å². The fourth-order valence-corrected chi connectivity index (χ4v) is 2.65. The third kappa shape index (κ3) is 2.26. The molecule has 2 N–H and O–H groups in total. The number of rotatable bonds is 4. The van der Waals surface area contributed by atoms with Crippen molar-refractivity contribution in [2.24, 2.45) is 0 Å². The number of fused-ring (bicyclic) bond motifs is 1. The van der Waals surface area contributed by atoms with Gasteiger partial charge in [-0.3, -0.25) is 4.79 Å². The Morgan fingerprint density at radius 2 is 2.05 bits per heavy atom. The molecule has 1 saturated carbocycles. The number of carbonyl (C=O) groups is 2. The van der Waals surface area contributed by atoms with Gasteiger partial charge in [-0.1, -0.05) is 18.2 Å². The van der Waals surface area contributed by atoms with E-state index in [4.69, 9.17) is 4.74 Å². The zero-order chi connectivity index (χ0) is 15.7. The molecule has 1 fully saturated rings. The number of hydrogen-bond donors (Lipinski definition) is 2. The van der Waals surface area contributed by atoms with Crippen LogP contribution < -0.4 is 10.1 Å². The first-order valence-corrected chi connectivity index (χ1v) is 7.05. The molecule has 6 heteroatoms. The van der Waals surface area contributed by atoms with Gasteiger partial charge < -0.3 is 15.2 Å². The summed E-state index contributed by atoms with van der Waals surface area (Å²) < 4.78 is 5.12. The molecule has 1 aromatic heterocycles. The Hall–Kier alpha value is -2.63. The van der Waals surface area contributed by atoms with Crippen molar-refractivity contribution in [2.75, 3.05) is 7.11 Å².